The zero-order valence-electron chi connectivity index (χ0n) is 54.7. The maximum Gasteiger partial charge on any atom is 0.472 e. The molecule has 0 aliphatic rings. The number of unbranched alkanes of at least 4 members (excludes halogenated alkanes) is 38. The fourth-order valence-electron chi connectivity index (χ4n) is 9.94. The molecule has 0 heterocycles. The van der Waals surface area contributed by atoms with Crippen molar-refractivity contribution in [3.63, 3.8) is 0 Å². The molecular weight excluding hydrogens is 1130 g/mol. The molecule has 0 fully saturated rings. The van der Waals surface area contributed by atoms with Crippen molar-refractivity contribution in [3.05, 3.63) is 0 Å². The highest BCUT2D eigenvalue weighted by atomic mass is 31.2. The second-order valence-corrected chi connectivity index (χ2v) is 27.2. The van der Waals surface area contributed by atoms with E-state index in [2.05, 4.69) is 34.6 Å². The Morgan fingerprint density at radius 1 is 0.318 bits per heavy atom. The first-order chi connectivity index (χ1) is 41.0. The van der Waals surface area contributed by atoms with Crippen LogP contribution in [0.1, 0.15) is 336 Å². The number of phosphoric acid groups is 2. The van der Waals surface area contributed by atoms with Gasteiger partial charge in [-0.25, -0.2) is 9.13 Å². The lowest BCUT2D eigenvalue weighted by atomic mass is 10.0. The first kappa shape index (κ1) is 83.1. The molecule has 19 heteroatoms. The molecule has 3 N–H and O–H groups in total. The van der Waals surface area contributed by atoms with Crippen molar-refractivity contribution >= 4 is 39.5 Å². The second-order valence-electron chi connectivity index (χ2n) is 24.3. The fraction of sp³-hybridized carbons (Fsp3) is 0.939. The SMILES string of the molecule is CCCCCCCCCCCCCCCCCCCC(=O)O[C@H](COC(=O)CCCCCCCCCCCC(C)C)COP(=O)(O)OC[C@@H](O)COP(=O)(O)OC[C@@H](COC(=O)CCCCCCCCCC)OC(=O)CCCCCCCCCC. The quantitative estimate of drug-likeness (QED) is 0.0222. The van der Waals surface area contributed by atoms with Crippen LogP contribution in [0.3, 0.4) is 0 Å². The van der Waals surface area contributed by atoms with Gasteiger partial charge in [0.2, 0.25) is 0 Å². The molecule has 0 saturated carbocycles. The van der Waals surface area contributed by atoms with Crippen LogP contribution in [0.5, 0.6) is 0 Å². The topological polar surface area (TPSA) is 237 Å². The molecule has 0 saturated heterocycles. The van der Waals surface area contributed by atoms with Crippen molar-refractivity contribution in [2.24, 2.45) is 5.92 Å². The van der Waals surface area contributed by atoms with Gasteiger partial charge in [-0.15, -0.1) is 0 Å². The molecule has 0 spiro atoms. The van der Waals surface area contributed by atoms with Crippen molar-refractivity contribution in [1.29, 1.82) is 0 Å². The summed E-state index contributed by atoms with van der Waals surface area (Å²) in [5.74, 6) is -1.39. The third kappa shape index (κ3) is 60.7. The number of carbonyl (C=O) groups is 4. The van der Waals surface area contributed by atoms with Gasteiger partial charge in [0.15, 0.2) is 12.2 Å². The van der Waals surface area contributed by atoms with Crippen LogP contribution < -0.4 is 0 Å². The lowest BCUT2D eigenvalue weighted by molar-refractivity contribution is -0.161. The summed E-state index contributed by atoms with van der Waals surface area (Å²) in [5, 5.41) is 10.5. The Labute approximate surface area is 517 Å². The number of rotatable bonds is 66. The lowest BCUT2D eigenvalue weighted by Crippen LogP contribution is -2.30. The molecule has 85 heavy (non-hydrogen) atoms. The Balaban J connectivity index is 5.18. The van der Waals surface area contributed by atoms with Crippen molar-refractivity contribution in [2.45, 2.75) is 355 Å². The molecule has 0 bridgehead atoms. The summed E-state index contributed by atoms with van der Waals surface area (Å²) in [7, 11) is -9.88. The van der Waals surface area contributed by atoms with Crippen LogP contribution in [0.15, 0.2) is 0 Å². The summed E-state index contributed by atoms with van der Waals surface area (Å²) in [6, 6.07) is 0. The number of ether oxygens (including phenoxy) is 4. The van der Waals surface area contributed by atoms with E-state index in [1.165, 1.54) is 148 Å². The third-order valence-electron chi connectivity index (χ3n) is 15.3. The monoisotopic (exact) mass is 1250 g/mol. The van der Waals surface area contributed by atoms with Gasteiger partial charge in [-0.05, 0) is 31.6 Å². The van der Waals surface area contributed by atoms with Gasteiger partial charge in [0.05, 0.1) is 26.4 Å². The second kappa shape index (κ2) is 59.7. The Morgan fingerprint density at radius 3 is 0.800 bits per heavy atom. The summed E-state index contributed by atoms with van der Waals surface area (Å²) in [6.45, 7) is 7.14. The highest BCUT2D eigenvalue weighted by molar-refractivity contribution is 7.47. The number of aliphatic hydroxyl groups is 1. The molecule has 0 amide bonds. The van der Waals surface area contributed by atoms with Crippen LogP contribution >= 0.6 is 15.6 Å². The fourth-order valence-corrected chi connectivity index (χ4v) is 11.5. The smallest absolute Gasteiger partial charge is 0.462 e. The standard InChI is InChI=1S/C66H128O17P2/c1-6-9-12-15-18-21-22-23-24-25-26-27-28-31-37-42-47-52-66(71)83-62(56-77-64(69)50-45-40-36-32-29-30-33-38-43-48-59(4)5)58-81-85(74,75)79-54-60(67)53-78-84(72,73)80-57-61(82-65(70)51-46-41-35-20-17-14-11-8-3)55-76-63(68)49-44-39-34-19-16-13-10-7-2/h59-62,67H,6-58H2,1-5H3,(H,72,73)(H,74,75)/t60-,61+,62+/m0/s1. The number of phosphoric ester groups is 2. The Kier molecular flexibility index (Phi) is 58.3. The maximum atomic E-state index is 13.0. The van der Waals surface area contributed by atoms with Crippen molar-refractivity contribution in [3.8, 4) is 0 Å². The summed E-state index contributed by atoms with van der Waals surface area (Å²) in [4.78, 5) is 72.2. The molecule has 0 radical (unpaired) electrons. The van der Waals surface area contributed by atoms with Gasteiger partial charge in [-0.1, -0.05) is 285 Å². The highest BCUT2D eigenvalue weighted by Gasteiger charge is 2.30. The van der Waals surface area contributed by atoms with Crippen LogP contribution in [0.25, 0.3) is 0 Å². The van der Waals surface area contributed by atoms with Crippen molar-refractivity contribution < 1.29 is 80.2 Å². The molecule has 0 rings (SSSR count). The molecular formula is C66H128O17P2. The van der Waals surface area contributed by atoms with E-state index in [9.17, 15) is 43.2 Å². The van der Waals surface area contributed by atoms with Gasteiger partial charge >= 0.3 is 39.5 Å². The number of esters is 4. The molecule has 0 aromatic heterocycles. The van der Waals surface area contributed by atoms with Crippen LogP contribution in [-0.4, -0.2) is 96.7 Å². The van der Waals surface area contributed by atoms with Crippen LogP contribution in [-0.2, 0) is 65.4 Å². The zero-order chi connectivity index (χ0) is 62.8. The van der Waals surface area contributed by atoms with E-state index in [-0.39, 0.29) is 25.7 Å². The summed E-state index contributed by atoms with van der Waals surface area (Å²) in [6.07, 6.45) is 44.6. The van der Waals surface area contributed by atoms with Crippen LogP contribution in [0.2, 0.25) is 0 Å². The van der Waals surface area contributed by atoms with E-state index in [1.807, 2.05) is 0 Å². The molecule has 5 atom stereocenters. The molecule has 0 aliphatic carbocycles. The number of aliphatic hydroxyl groups excluding tert-OH is 1. The Bertz CT molecular complexity index is 1650. The average Bonchev–Trinajstić information content (AvgIpc) is 3.53. The first-order valence-electron chi connectivity index (χ1n) is 34.6. The number of hydrogen-bond acceptors (Lipinski definition) is 15. The maximum absolute atomic E-state index is 13.0. The molecule has 0 aliphatic heterocycles. The van der Waals surface area contributed by atoms with Gasteiger partial charge < -0.3 is 33.8 Å². The minimum Gasteiger partial charge on any atom is -0.462 e. The van der Waals surface area contributed by atoms with Gasteiger partial charge in [-0.3, -0.25) is 37.3 Å². The van der Waals surface area contributed by atoms with Gasteiger partial charge in [0, 0.05) is 25.7 Å². The summed E-state index contributed by atoms with van der Waals surface area (Å²) in [5.41, 5.74) is 0. The van der Waals surface area contributed by atoms with E-state index in [0.717, 1.165) is 109 Å². The average molecular weight is 1260 g/mol. The van der Waals surface area contributed by atoms with Gasteiger partial charge in [0.1, 0.15) is 19.3 Å². The Hall–Kier alpha value is -1.94. The third-order valence-corrected chi connectivity index (χ3v) is 17.2. The van der Waals surface area contributed by atoms with E-state index in [1.54, 1.807) is 0 Å². The van der Waals surface area contributed by atoms with Crippen molar-refractivity contribution in [2.75, 3.05) is 39.6 Å². The predicted molar refractivity (Wildman–Crippen MR) is 340 cm³/mol. The molecule has 504 valence electrons. The molecule has 0 aromatic carbocycles. The number of carbonyl (C=O) groups excluding carboxylic acids is 4. The van der Waals surface area contributed by atoms with Gasteiger partial charge in [0.25, 0.3) is 0 Å². The molecule has 2 unspecified atom stereocenters. The normalized spacial score (nSPS) is 14.2. The Morgan fingerprint density at radius 2 is 0.541 bits per heavy atom. The zero-order valence-corrected chi connectivity index (χ0v) is 56.5. The lowest BCUT2D eigenvalue weighted by Gasteiger charge is -2.21. The van der Waals surface area contributed by atoms with E-state index >= 15 is 0 Å². The van der Waals surface area contributed by atoms with Crippen molar-refractivity contribution in [1.82, 2.24) is 0 Å². The minimum absolute atomic E-state index is 0.105. The van der Waals surface area contributed by atoms with Crippen LogP contribution in [0.4, 0.5) is 0 Å². The highest BCUT2D eigenvalue weighted by Crippen LogP contribution is 2.45. The van der Waals surface area contributed by atoms with Gasteiger partial charge in [-0.2, -0.15) is 0 Å². The molecule has 17 nitrogen and oxygen atoms in total. The van der Waals surface area contributed by atoms with E-state index in [4.69, 9.17) is 37.0 Å². The number of hydrogen-bond donors (Lipinski definition) is 3. The summed E-state index contributed by atoms with van der Waals surface area (Å²) >= 11 is 0. The van der Waals surface area contributed by atoms with E-state index < -0.39 is 97.5 Å². The van der Waals surface area contributed by atoms with Crippen LogP contribution in [0, 0.1) is 5.92 Å². The minimum atomic E-state index is -4.95. The first-order valence-corrected chi connectivity index (χ1v) is 37.6. The molecule has 0 aromatic rings. The largest absolute Gasteiger partial charge is 0.472 e. The predicted octanol–water partition coefficient (Wildman–Crippen LogP) is 18.6. The van der Waals surface area contributed by atoms with E-state index in [0.29, 0.717) is 25.7 Å². The summed E-state index contributed by atoms with van der Waals surface area (Å²) < 4.78 is 68.0.